The molecule has 0 aromatic carbocycles. The van der Waals surface area contributed by atoms with Crippen molar-refractivity contribution in [2.24, 2.45) is 11.7 Å². The van der Waals surface area contributed by atoms with E-state index in [1.165, 1.54) is 0 Å². The van der Waals surface area contributed by atoms with E-state index in [0.717, 1.165) is 6.42 Å². The minimum Gasteiger partial charge on any atom is -0.368 e. The number of nitrogens with one attached hydrogen (secondary N) is 2. The SMILES string of the molecule is CC[C@@H](C)[C@H](NC(=O)[C@H]1CCC(=O)N1)C(N)=O. The third kappa shape index (κ3) is 3.44. The second kappa shape index (κ2) is 5.65. The molecule has 1 fully saturated rings. The van der Waals surface area contributed by atoms with E-state index in [2.05, 4.69) is 10.6 Å². The van der Waals surface area contributed by atoms with Gasteiger partial charge in [-0.15, -0.1) is 0 Å². The first-order valence-corrected chi connectivity index (χ1v) is 5.84. The lowest BCUT2D eigenvalue weighted by molar-refractivity contribution is -0.130. The smallest absolute Gasteiger partial charge is 0.243 e. The Labute approximate surface area is 100 Å². The minimum absolute atomic E-state index is 0.0199. The first-order valence-electron chi connectivity index (χ1n) is 5.84. The summed E-state index contributed by atoms with van der Waals surface area (Å²) in [5, 5.41) is 5.15. The Kier molecular flexibility index (Phi) is 4.48. The molecule has 0 aliphatic carbocycles. The molecule has 6 heteroatoms. The molecule has 0 aromatic heterocycles. The van der Waals surface area contributed by atoms with Gasteiger partial charge in [0.25, 0.3) is 0 Å². The fraction of sp³-hybridized carbons (Fsp3) is 0.727. The van der Waals surface area contributed by atoms with Gasteiger partial charge in [0.05, 0.1) is 0 Å². The van der Waals surface area contributed by atoms with Crippen molar-refractivity contribution >= 4 is 17.7 Å². The third-order valence-electron chi connectivity index (χ3n) is 3.13. The van der Waals surface area contributed by atoms with E-state index < -0.39 is 18.0 Å². The van der Waals surface area contributed by atoms with Gasteiger partial charge < -0.3 is 16.4 Å². The van der Waals surface area contributed by atoms with Gasteiger partial charge in [-0.3, -0.25) is 14.4 Å². The Bertz CT molecular complexity index is 330. The maximum atomic E-state index is 11.8. The molecule has 0 bridgehead atoms. The van der Waals surface area contributed by atoms with Gasteiger partial charge in [-0.05, 0) is 12.3 Å². The molecular weight excluding hydrogens is 222 g/mol. The molecule has 0 unspecified atom stereocenters. The third-order valence-corrected chi connectivity index (χ3v) is 3.13. The molecule has 0 radical (unpaired) electrons. The first-order chi connectivity index (χ1) is 7.95. The van der Waals surface area contributed by atoms with Crippen molar-refractivity contribution in [1.82, 2.24) is 10.6 Å². The highest BCUT2D eigenvalue weighted by molar-refractivity contribution is 5.93. The van der Waals surface area contributed by atoms with E-state index in [1.807, 2.05) is 13.8 Å². The molecule has 17 heavy (non-hydrogen) atoms. The van der Waals surface area contributed by atoms with Gasteiger partial charge in [0.2, 0.25) is 17.7 Å². The molecular formula is C11H19N3O3. The van der Waals surface area contributed by atoms with Crippen LogP contribution in [-0.2, 0) is 14.4 Å². The van der Waals surface area contributed by atoms with E-state index in [4.69, 9.17) is 5.73 Å². The topological polar surface area (TPSA) is 101 Å². The Balaban J connectivity index is 2.58. The standard InChI is InChI=1S/C11H19N3O3/c1-3-6(2)9(10(12)16)14-11(17)7-4-5-8(15)13-7/h6-7,9H,3-5H2,1-2H3,(H2,12,16)(H,13,15)(H,14,17)/t6-,7-,9+/m1/s1. The molecule has 1 aliphatic rings. The fourth-order valence-electron chi connectivity index (χ4n) is 1.79. The normalized spacial score (nSPS) is 22.7. The Morgan fingerprint density at radius 3 is 2.65 bits per heavy atom. The highest BCUT2D eigenvalue weighted by atomic mass is 16.2. The number of amides is 3. The monoisotopic (exact) mass is 241 g/mol. The van der Waals surface area contributed by atoms with Gasteiger partial charge in [0.15, 0.2) is 0 Å². The summed E-state index contributed by atoms with van der Waals surface area (Å²) < 4.78 is 0. The van der Waals surface area contributed by atoms with Crippen molar-refractivity contribution in [3.63, 3.8) is 0 Å². The first kappa shape index (κ1) is 13.5. The lowest BCUT2D eigenvalue weighted by Gasteiger charge is -2.22. The summed E-state index contributed by atoms with van der Waals surface area (Å²) in [4.78, 5) is 34.0. The Morgan fingerprint density at radius 1 is 1.59 bits per heavy atom. The van der Waals surface area contributed by atoms with Gasteiger partial charge in [-0.1, -0.05) is 20.3 Å². The van der Waals surface area contributed by atoms with E-state index in [1.54, 1.807) is 0 Å². The van der Waals surface area contributed by atoms with Crippen LogP contribution in [0.1, 0.15) is 33.1 Å². The molecule has 0 aromatic rings. The summed E-state index contributed by atoms with van der Waals surface area (Å²) in [5.41, 5.74) is 5.25. The van der Waals surface area contributed by atoms with Crippen molar-refractivity contribution in [1.29, 1.82) is 0 Å². The number of carbonyl (C=O) groups is 3. The number of hydrogen-bond donors (Lipinski definition) is 3. The molecule has 1 saturated heterocycles. The zero-order chi connectivity index (χ0) is 13.0. The molecule has 6 nitrogen and oxygen atoms in total. The van der Waals surface area contributed by atoms with Crippen molar-refractivity contribution in [3.8, 4) is 0 Å². The summed E-state index contributed by atoms with van der Waals surface area (Å²) >= 11 is 0. The number of carbonyl (C=O) groups excluding carboxylic acids is 3. The average Bonchev–Trinajstić information content (AvgIpc) is 2.71. The second-order valence-electron chi connectivity index (χ2n) is 4.43. The molecule has 1 aliphatic heterocycles. The van der Waals surface area contributed by atoms with Crippen LogP contribution in [0.5, 0.6) is 0 Å². The van der Waals surface area contributed by atoms with Crippen molar-refractivity contribution < 1.29 is 14.4 Å². The Morgan fingerprint density at radius 2 is 2.24 bits per heavy atom. The second-order valence-corrected chi connectivity index (χ2v) is 4.43. The molecule has 4 N–H and O–H groups in total. The summed E-state index contributed by atoms with van der Waals surface area (Å²) in [6.07, 6.45) is 1.56. The van der Waals surface area contributed by atoms with Crippen molar-refractivity contribution in [2.45, 2.75) is 45.2 Å². The molecule has 1 rings (SSSR count). The van der Waals surface area contributed by atoms with Crippen LogP contribution >= 0.6 is 0 Å². The van der Waals surface area contributed by atoms with Gasteiger partial charge in [0, 0.05) is 6.42 Å². The largest absolute Gasteiger partial charge is 0.368 e. The van der Waals surface area contributed by atoms with Crippen molar-refractivity contribution in [2.75, 3.05) is 0 Å². The highest BCUT2D eigenvalue weighted by Crippen LogP contribution is 2.10. The number of rotatable bonds is 5. The zero-order valence-electron chi connectivity index (χ0n) is 10.2. The van der Waals surface area contributed by atoms with E-state index >= 15 is 0 Å². The van der Waals surface area contributed by atoms with Crippen LogP contribution in [0.25, 0.3) is 0 Å². The van der Waals surface area contributed by atoms with E-state index in [9.17, 15) is 14.4 Å². The van der Waals surface area contributed by atoms with Crippen LogP contribution in [0.2, 0.25) is 0 Å². The summed E-state index contributed by atoms with van der Waals surface area (Å²) in [5.74, 6) is -1.03. The van der Waals surface area contributed by atoms with Crippen LogP contribution in [0.4, 0.5) is 0 Å². The molecule has 96 valence electrons. The van der Waals surface area contributed by atoms with Crippen LogP contribution in [0.3, 0.4) is 0 Å². The molecule has 3 atom stereocenters. The van der Waals surface area contributed by atoms with E-state index in [-0.39, 0.29) is 17.7 Å². The lowest BCUT2D eigenvalue weighted by Crippen LogP contribution is -2.53. The lowest BCUT2D eigenvalue weighted by atomic mass is 9.98. The highest BCUT2D eigenvalue weighted by Gasteiger charge is 2.31. The number of nitrogens with two attached hydrogens (primary N) is 1. The fourth-order valence-corrected chi connectivity index (χ4v) is 1.79. The maximum Gasteiger partial charge on any atom is 0.243 e. The van der Waals surface area contributed by atoms with Crippen LogP contribution in [-0.4, -0.2) is 29.8 Å². The molecule has 3 amide bonds. The quantitative estimate of drug-likeness (QED) is 0.592. The summed E-state index contributed by atoms with van der Waals surface area (Å²) in [6, 6.07) is -1.21. The summed E-state index contributed by atoms with van der Waals surface area (Å²) in [7, 11) is 0. The molecule has 0 spiro atoms. The Hall–Kier alpha value is -1.59. The van der Waals surface area contributed by atoms with Gasteiger partial charge in [0.1, 0.15) is 12.1 Å². The average molecular weight is 241 g/mol. The van der Waals surface area contributed by atoms with Gasteiger partial charge >= 0.3 is 0 Å². The van der Waals surface area contributed by atoms with E-state index in [0.29, 0.717) is 12.8 Å². The van der Waals surface area contributed by atoms with Crippen LogP contribution < -0.4 is 16.4 Å². The van der Waals surface area contributed by atoms with Gasteiger partial charge in [-0.25, -0.2) is 0 Å². The van der Waals surface area contributed by atoms with Crippen LogP contribution in [0, 0.1) is 5.92 Å². The van der Waals surface area contributed by atoms with Gasteiger partial charge in [-0.2, -0.15) is 0 Å². The van der Waals surface area contributed by atoms with Crippen molar-refractivity contribution in [3.05, 3.63) is 0 Å². The van der Waals surface area contributed by atoms with Crippen LogP contribution in [0.15, 0.2) is 0 Å². The predicted molar refractivity (Wildman–Crippen MR) is 61.7 cm³/mol. The minimum atomic E-state index is -0.676. The molecule has 0 saturated carbocycles. The maximum absolute atomic E-state index is 11.8. The molecule has 1 heterocycles. The zero-order valence-corrected chi connectivity index (χ0v) is 10.2. The summed E-state index contributed by atoms with van der Waals surface area (Å²) in [6.45, 7) is 3.77. The number of hydrogen-bond acceptors (Lipinski definition) is 3. The predicted octanol–water partition coefficient (Wildman–Crippen LogP) is -0.719. The number of primary amides is 1.